The molecule has 0 spiro atoms. The Morgan fingerprint density at radius 2 is 1.62 bits per heavy atom. The van der Waals surface area contributed by atoms with Gasteiger partial charge in [0.05, 0.1) is 5.52 Å². The van der Waals surface area contributed by atoms with Crippen LogP contribution in [0, 0.1) is 24.4 Å². The van der Waals surface area contributed by atoms with Gasteiger partial charge >= 0.3 is 0 Å². The van der Waals surface area contributed by atoms with Crippen LogP contribution in [0.5, 0.6) is 0 Å². The van der Waals surface area contributed by atoms with E-state index in [4.69, 9.17) is 4.98 Å². The Bertz CT molecular complexity index is 1200. The molecule has 4 aromatic rings. The van der Waals surface area contributed by atoms with Crippen molar-refractivity contribution in [1.82, 2.24) is 15.0 Å². The molecule has 4 nitrogen and oxygen atoms in total. The van der Waals surface area contributed by atoms with Gasteiger partial charge in [-0.05, 0) is 53.9 Å². The first-order chi connectivity index (χ1) is 13.9. The maximum atomic E-state index is 13.8. The second kappa shape index (κ2) is 7.16. The Labute approximate surface area is 165 Å². The van der Waals surface area contributed by atoms with Gasteiger partial charge in [-0.1, -0.05) is 6.07 Å². The van der Waals surface area contributed by atoms with E-state index < -0.39 is 17.5 Å². The molecule has 0 saturated heterocycles. The molecule has 29 heavy (non-hydrogen) atoms. The molecule has 0 bridgehead atoms. The van der Waals surface area contributed by atoms with E-state index in [1.54, 1.807) is 30.6 Å². The monoisotopic (exact) mass is 394 g/mol. The average molecular weight is 394 g/mol. The van der Waals surface area contributed by atoms with Crippen molar-refractivity contribution in [2.24, 2.45) is 0 Å². The zero-order valence-corrected chi connectivity index (χ0v) is 16.0. The van der Waals surface area contributed by atoms with Gasteiger partial charge in [0.25, 0.3) is 0 Å². The zero-order valence-electron chi connectivity index (χ0n) is 16.0. The Hall–Kier alpha value is -3.48. The lowest BCUT2D eigenvalue weighted by molar-refractivity contribution is 0.447. The van der Waals surface area contributed by atoms with Gasteiger partial charge in [0, 0.05) is 37.4 Å². The largest absolute Gasteiger partial charge is 0.362 e. The smallest absolute Gasteiger partial charge is 0.194 e. The van der Waals surface area contributed by atoms with Crippen molar-refractivity contribution in [3.8, 4) is 22.5 Å². The number of halogens is 3. The van der Waals surface area contributed by atoms with Gasteiger partial charge in [-0.25, -0.2) is 23.1 Å². The van der Waals surface area contributed by atoms with E-state index in [1.807, 2.05) is 32.0 Å². The van der Waals surface area contributed by atoms with Gasteiger partial charge in [0.2, 0.25) is 0 Å². The molecular weight excluding hydrogens is 377 g/mol. The summed E-state index contributed by atoms with van der Waals surface area (Å²) in [6.45, 7) is 1.82. The van der Waals surface area contributed by atoms with Gasteiger partial charge in [-0.15, -0.1) is 0 Å². The third-order valence-electron chi connectivity index (χ3n) is 4.74. The standard InChI is InChI=1S/C22H17F3N4/c1-12-15(14-9-17(23)19(25)18(24)10-14)6-7-16-20(12)27-21(28-22(16)29(2)3)13-5-4-8-26-11-13/h4-11H,1-3H3. The van der Waals surface area contributed by atoms with Crippen LogP contribution in [-0.4, -0.2) is 29.0 Å². The first-order valence-electron chi connectivity index (χ1n) is 8.91. The van der Waals surface area contributed by atoms with E-state index >= 15 is 0 Å². The number of aromatic nitrogens is 3. The van der Waals surface area contributed by atoms with Gasteiger partial charge < -0.3 is 4.90 Å². The molecular formula is C22H17F3N4. The first kappa shape index (κ1) is 18.9. The van der Waals surface area contributed by atoms with Crippen LogP contribution in [0.2, 0.25) is 0 Å². The molecule has 0 atom stereocenters. The number of benzene rings is 2. The lowest BCUT2D eigenvalue weighted by Crippen LogP contribution is -2.12. The molecule has 0 radical (unpaired) electrons. The highest BCUT2D eigenvalue weighted by Gasteiger charge is 2.17. The van der Waals surface area contributed by atoms with E-state index in [0.29, 0.717) is 28.3 Å². The van der Waals surface area contributed by atoms with Crippen LogP contribution >= 0.6 is 0 Å². The Balaban J connectivity index is 2.00. The van der Waals surface area contributed by atoms with E-state index in [0.717, 1.165) is 23.1 Å². The van der Waals surface area contributed by atoms with Crippen molar-refractivity contribution in [3.63, 3.8) is 0 Å². The molecule has 4 rings (SSSR count). The number of nitrogens with zero attached hydrogens (tertiary/aromatic N) is 4. The number of aryl methyl sites for hydroxylation is 1. The average Bonchev–Trinajstić information content (AvgIpc) is 2.72. The number of fused-ring (bicyclic) bond motifs is 1. The van der Waals surface area contributed by atoms with Crippen molar-refractivity contribution in [3.05, 3.63) is 71.8 Å². The van der Waals surface area contributed by atoms with Crippen LogP contribution < -0.4 is 4.90 Å². The summed E-state index contributed by atoms with van der Waals surface area (Å²) < 4.78 is 40.9. The van der Waals surface area contributed by atoms with Crippen molar-refractivity contribution in [1.29, 1.82) is 0 Å². The topological polar surface area (TPSA) is 41.9 Å². The molecule has 0 aliphatic rings. The van der Waals surface area contributed by atoms with Crippen LogP contribution in [0.4, 0.5) is 19.0 Å². The lowest BCUT2D eigenvalue weighted by Gasteiger charge is -2.18. The maximum absolute atomic E-state index is 13.8. The van der Waals surface area contributed by atoms with Crippen molar-refractivity contribution in [2.75, 3.05) is 19.0 Å². The van der Waals surface area contributed by atoms with Crippen LogP contribution in [-0.2, 0) is 0 Å². The summed E-state index contributed by atoms with van der Waals surface area (Å²) in [6.07, 6.45) is 3.34. The fourth-order valence-corrected chi connectivity index (χ4v) is 3.30. The predicted molar refractivity (Wildman–Crippen MR) is 107 cm³/mol. The van der Waals surface area contributed by atoms with E-state index in [9.17, 15) is 13.2 Å². The summed E-state index contributed by atoms with van der Waals surface area (Å²) in [6, 6.07) is 9.18. The highest BCUT2D eigenvalue weighted by atomic mass is 19.2. The van der Waals surface area contributed by atoms with E-state index in [-0.39, 0.29) is 5.56 Å². The summed E-state index contributed by atoms with van der Waals surface area (Å²) in [4.78, 5) is 15.4. The molecule has 2 aromatic heterocycles. The molecule has 2 heterocycles. The summed E-state index contributed by atoms with van der Waals surface area (Å²) in [7, 11) is 3.76. The minimum Gasteiger partial charge on any atom is -0.362 e. The number of hydrogen-bond acceptors (Lipinski definition) is 4. The van der Waals surface area contributed by atoms with Crippen LogP contribution in [0.15, 0.2) is 48.8 Å². The second-order valence-corrected chi connectivity index (χ2v) is 6.90. The third-order valence-corrected chi connectivity index (χ3v) is 4.74. The summed E-state index contributed by atoms with van der Waals surface area (Å²) in [5.41, 5.74) is 2.92. The highest BCUT2D eigenvalue weighted by Crippen LogP contribution is 2.34. The molecule has 0 aliphatic heterocycles. The minimum absolute atomic E-state index is 0.244. The van der Waals surface area contributed by atoms with Crippen LogP contribution in [0.3, 0.4) is 0 Å². The molecule has 146 valence electrons. The summed E-state index contributed by atoms with van der Waals surface area (Å²) in [5.74, 6) is -2.74. The summed E-state index contributed by atoms with van der Waals surface area (Å²) in [5, 5.41) is 0.798. The predicted octanol–water partition coefficient (Wildman–Crippen LogP) is 5.15. The molecule has 0 amide bonds. The summed E-state index contributed by atoms with van der Waals surface area (Å²) >= 11 is 0. The fourth-order valence-electron chi connectivity index (χ4n) is 3.30. The van der Waals surface area contributed by atoms with Crippen molar-refractivity contribution in [2.45, 2.75) is 6.92 Å². The highest BCUT2D eigenvalue weighted by molar-refractivity contribution is 5.96. The van der Waals surface area contributed by atoms with Gasteiger partial charge in [-0.3, -0.25) is 4.98 Å². The normalized spacial score (nSPS) is 11.1. The first-order valence-corrected chi connectivity index (χ1v) is 8.91. The van der Waals surface area contributed by atoms with Crippen LogP contribution in [0.1, 0.15) is 5.56 Å². The molecule has 2 aromatic carbocycles. The maximum Gasteiger partial charge on any atom is 0.194 e. The Kier molecular flexibility index (Phi) is 4.66. The molecule has 7 heteroatoms. The number of hydrogen-bond donors (Lipinski definition) is 0. The van der Waals surface area contributed by atoms with E-state index in [2.05, 4.69) is 9.97 Å². The Morgan fingerprint density at radius 1 is 0.897 bits per heavy atom. The fraction of sp³-hybridized carbons (Fsp3) is 0.136. The molecule has 0 N–H and O–H groups in total. The number of pyridine rings is 1. The van der Waals surface area contributed by atoms with Crippen molar-refractivity contribution >= 4 is 16.7 Å². The number of anilines is 1. The van der Waals surface area contributed by atoms with Gasteiger partial charge in [0.1, 0.15) is 5.82 Å². The van der Waals surface area contributed by atoms with Crippen molar-refractivity contribution < 1.29 is 13.2 Å². The van der Waals surface area contributed by atoms with Crippen LogP contribution in [0.25, 0.3) is 33.4 Å². The quantitative estimate of drug-likeness (QED) is 0.451. The molecule has 0 unspecified atom stereocenters. The molecule has 0 saturated carbocycles. The van der Waals surface area contributed by atoms with E-state index in [1.165, 1.54) is 0 Å². The number of rotatable bonds is 3. The SMILES string of the molecule is Cc1c(-c2cc(F)c(F)c(F)c2)ccc2c(N(C)C)nc(-c3cccnc3)nc12. The Morgan fingerprint density at radius 3 is 2.24 bits per heavy atom. The van der Waals surface area contributed by atoms with Gasteiger partial charge in [-0.2, -0.15) is 0 Å². The van der Waals surface area contributed by atoms with Gasteiger partial charge in [0.15, 0.2) is 23.3 Å². The zero-order chi connectivity index (χ0) is 20.7. The molecule has 0 aliphatic carbocycles. The second-order valence-electron chi connectivity index (χ2n) is 6.90. The lowest BCUT2D eigenvalue weighted by atomic mass is 9.97. The molecule has 0 fully saturated rings. The minimum atomic E-state index is -1.48. The third kappa shape index (κ3) is 3.29.